The molecule has 0 radical (unpaired) electrons. The highest BCUT2D eigenvalue weighted by atomic mass is 35.5. The molecular weight excluding hydrogens is 198 g/mol. The second-order valence-electron chi connectivity index (χ2n) is 3.05. The molecule has 0 aliphatic carbocycles. The quantitative estimate of drug-likeness (QED) is 0.820. The first-order valence-electron chi connectivity index (χ1n) is 4.28. The average Bonchev–Trinajstić information content (AvgIpc) is 2.47. The van der Waals surface area contributed by atoms with Crippen molar-refractivity contribution in [3.63, 3.8) is 0 Å². The number of hydrogen-bond donors (Lipinski definition) is 1. The number of halogens is 1. The predicted molar refractivity (Wildman–Crippen MR) is 57.2 cm³/mol. The lowest BCUT2D eigenvalue weighted by Crippen LogP contribution is -2.00. The van der Waals surface area contributed by atoms with Gasteiger partial charge in [-0.15, -0.1) is 0 Å². The maximum atomic E-state index is 5.79. The maximum absolute atomic E-state index is 5.79. The Morgan fingerprint density at radius 1 is 1.29 bits per heavy atom. The van der Waals surface area contributed by atoms with E-state index < -0.39 is 0 Å². The largest absolute Gasteiger partial charge is 0.381 e. The Balaban J connectivity index is 2.19. The van der Waals surface area contributed by atoms with Gasteiger partial charge >= 0.3 is 0 Å². The highest BCUT2D eigenvalue weighted by Gasteiger charge is 2.02. The van der Waals surface area contributed by atoms with Crippen LogP contribution >= 0.6 is 11.6 Å². The summed E-state index contributed by atoms with van der Waals surface area (Å²) < 4.78 is 1.73. The standard InChI is InChI=1S/C10H10ClN3/c11-9-7-14(13-10(9)12)6-8-4-2-1-3-5-8/h1-5,7H,6H2,(H2,12,13). The second kappa shape index (κ2) is 3.72. The molecule has 0 saturated carbocycles. The van der Waals surface area contributed by atoms with Crippen LogP contribution in [0.15, 0.2) is 36.5 Å². The molecule has 0 spiro atoms. The Morgan fingerprint density at radius 3 is 2.57 bits per heavy atom. The fraction of sp³-hybridized carbons (Fsp3) is 0.100. The molecule has 1 heterocycles. The summed E-state index contributed by atoms with van der Waals surface area (Å²) in [5.41, 5.74) is 6.70. The zero-order valence-corrected chi connectivity index (χ0v) is 8.28. The molecule has 0 aliphatic heterocycles. The lowest BCUT2D eigenvalue weighted by molar-refractivity contribution is 0.690. The van der Waals surface area contributed by atoms with Crippen LogP contribution in [0.3, 0.4) is 0 Å². The van der Waals surface area contributed by atoms with Crippen LogP contribution in [0.5, 0.6) is 0 Å². The summed E-state index contributed by atoms with van der Waals surface area (Å²) in [6.07, 6.45) is 1.73. The Hall–Kier alpha value is -1.48. The average molecular weight is 208 g/mol. The van der Waals surface area contributed by atoms with E-state index in [1.54, 1.807) is 10.9 Å². The van der Waals surface area contributed by atoms with Gasteiger partial charge < -0.3 is 5.73 Å². The Kier molecular flexibility index (Phi) is 2.41. The number of hydrogen-bond acceptors (Lipinski definition) is 2. The highest BCUT2D eigenvalue weighted by molar-refractivity contribution is 6.32. The number of nitrogens with two attached hydrogens (primary N) is 1. The number of rotatable bonds is 2. The number of nitrogen functional groups attached to an aromatic ring is 1. The van der Waals surface area contributed by atoms with Crippen molar-refractivity contribution in [2.75, 3.05) is 5.73 Å². The van der Waals surface area contributed by atoms with Gasteiger partial charge in [0.15, 0.2) is 5.82 Å². The molecule has 0 amide bonds. The molecule has 1 aromatic heterocycles. The van der Waals surface area contributed by atoms with Crippen molar-refractivity contribution >= 4 is 17.4 Å². The van der Waals surface area contributed by atoms with Gasteiger partial charge in [0.05, 0.1) is 6.54 Å². The Bertz CT molecular complexity index is 403. The van der Waals surface area contributed by atoms with Gasteiger partial charge in [-0.1, -0.05) is 41.9 Å². The molecular formula is C10H10ClN3. The molecule has 2 N–H and O–H groups in total. The predicted octanol–water partition coefficient (Wildman–Crippen LogP) is 2.17. The highest BCUT2D eigenvalue weighted by Crippen LogP contribution is 2.15. The van der Waals surface area contributed by atoms with Gasteiger partial charge in [-0.05, 0) is 5.56 Å². The summed E-state index contributed by atoms with van der Waals surface area (Å²) in [5.74, 6) is 0.377. The summed E-state index contributed by atoms with van der Waals surface area (Å²) in [6, 6.07) is 10.0. The monoisotopic (exact) mass is 207 g/mol. The molecule has 2 rings (SSSR count). The van der Waals surface area contributed by atoms with Crippen LogP contribution in [0.2, 0.25) is 5.02 Å². The van der Waals surface area contributed by atoms with Crippen LogP contribution in [0.4, 0.5) is 5.82 Å². The first-order valence-corrected chi connectivity index (χ1v) is 4.66. The summed E-state index contributed by atoms with van der Waals surface area (Å²) in [7, 11) is 0. The molecule has 1 aromatic carbocycles. The van der Waals surface area contributed by atoms with Gasteiger partial charge in [-0.2, -0.15) is 5.10 Å². The molecule has 0 saturated heterocycles. The number of aromatic nitrogens is 2. The van der Waals surface area contributed by atoms with Crippen molar-refractivity contribution in [3.05, 3.63) is 47.1 Å². The molecule has 14 heavy (non-hydrogen) atoms. The summed E-state index contributed by atoms with van der Waals surface area (Å²) in [5, 5.41) is 4.57. The van der Waals surface area contributed by atoms with Crippen molar-refractivity contribution < 1.29 is 0 Å². The van der Waals surface area contributed by atoms with Gasteiger partial charge in [0.1, 0.15) is 5.02 Å². The zero-order chi connectivity index (χ0) is 9.97. The number of benzene rings is 1. The molecule has 0 fully saturated rings. The van der Waals surface area contributed by atoms with E-state index in [4.69, 9.17) is 17.3 Å². The first-order chi connectivity index (χ1) is 6.75. The number of anilines is 1. The number of nitrogens with zero attached hydrogens (tertiary/aromatic N) is 2. The van der Waals surface area contributed by atoms with Gasteiger partial charge in [-0.25, -0.2) is 0 Å². The lowest BCUT2D eigenvalue weighted by Gasteiger charge is -2.00. The molecule has 72 valence electrons. The van der Waals surface area contributed by atoms with Gasteiger partial charge in [-0.3, -0.25) is 4.68 Å². The van der Waals surface area contributed by atoms with E-state index in [1.807, 2.05) is 30.3 Å². The van der Waals surface area contributed by atoms with E-state index in [9.17, 15) is 0 Å². The SMILES string of the molecule is Nc1nn(Cc2ccccc2)cc1Cl. The van der Waals surface area contributed by atoms with Crippen molar-refractivity contribution in [1.29, 1.82) is 0 Å². The van der Waals surface area contributed by atoms with E-state index in [2.05, 4.69) is 5.10 Å². The zero-order valence-electron chi connectivity index (χ0n) is 7.52. The van der Waals surface area contributed by atoms with Gasteiger partial charge in [0.2, 0.25) is 0 Å². The summed E-state index contributed by atoms with van der Waals surface area (Å²) in [4.78, 5) is 0. The van der Waals surface area contributed by atoms with Crippen LogP contribution in [0.25, 0.3) is 0 Å². The minimum atomic E-state index is 0.377. The molecule has 4 heteroatoms. The lowest BCUT2D eigenvalue weighted by atomic mass is 10.2. The van der Waals surface area contributed by atoms with Crippen molar-refractivity contribution in [2.45, 2.75) is 6.54 Å². The maximum Gasteiger partial charge on any atom is 0.164 e. The van der Waals surface area contributed by atoms with E-state index in [0.717, 1.165) is 0 Å². The molecule has 0 aliphatic rings. The third-order valence-electron chi connectivity index (χ3n) is 1.93. The Labute approximate surface area is 87.1 Å². The normalized spacial score (nSPS) is 10.4. The fourth-order valence-corrected chi connectivity index (χ4v) is 1.41. The van der Waals surface area contributed by atoms with E-state index >= 15 is 0 Å². The van der Waals surface area contributed by atoms with Crippen LogP contribution < -0.4 is 5.73 Å². The topological polar surface area (TPSA) is 43.8 Å². The third kappa shape index (κ3) is 1.88. The Morgan fingerprint density at radius 2 is 2.00 bits per heavy atom. The molecule has 0 bridgehead atoms. The summed E-state index contributed by atoms with van der Waals surface area (Å²) in [6.45, 7) is 0.692. The smallest absolute Gasteiger partial charge is 0.164 e. The fourth-order valence-electron chi connectivity index (χ4n) is 1.26. The molecule has 2 aromatic rings. The van der Waals surface area contributed by atoms with Crippen molar-refractivity contribution in [2.24, 2.45) is 0 Å². The van der Waals surface area contributed by atoms with Crippen LogP contribution in [-0.2, 0) is 6.54 Å². The summed E-state index contributed by atoms with van der Waals surface area (Å²) >= 11 is 5.79. The van der Waals surface area contributed by atoms with Crippen LogP contribution in [0, 0.1) is 0 Å². The van der Waals surface area contributed by atoms with Crippen molar-refractivity contribution in [3.8, 4) is 0 Å². The van der Waals surface area contributed by atoms with Gasteiger partial charge in [0, 0.05) is 6.20 Å². The van der Waals surface area contributed by atoms with Crippen molar-refractivity contribution in [1.82, 2.24) is 9.78 Å². The minimum Gasteiger partial charge on any atom is -0.381 e. The minimum absolute atomic E-state index is 0.377. The molecule has 0 atom stereocenters. The molecule has 0 unspecified atom stereocenters. The second-order valence-corrected chi connectivity index (χ2v) is 3.45. The van der Waals surface area contributed by atoms with E-state index in [0.29, 0.717) is 17.4 Å². The van der Waals surface area contributed by atoms with Gasteiger partial charge in [0.25, 0.3) is 0 Å². The van der Waals surface area contributed by atoms with Crippen LogP contribution in [-0.4, -0.2) is 9.78 Å². The van der Waals surface area contributed by atoms with Crippen LogP contribution in [0.1, 0.15) is 5.56 Å². The first kappa shape index (κ1) is 9.09. The van der Waals surface area contributed by atoms with E-state index in [-0.39, 0.29) is 0 Å². The molecule has 3 nitrogen and oxygen atoms in total. The van der Waals surface area contributed by atoms with E-state index in [1.165, 1.54) is 5.56 Å². The third-order valence-corrected chi connectivity index (χ3v) is 2.22.